The highest BCUT2D eigenvalue weighted by atomic mass is 16.2. The van der Waals surface area contributed by atoms with Crippen LogP contribution in [0.1, 0.15) is 30.4 Å². The standard InChI is InChI=1S/C17H20N4O/c1-11-5-3-8-14(12(11)2)18-15-9-10-16(21-20-15)19-17(22)13-6-4-7-13/h3,5,8-10,13H,4,6-7H2,1-2H3,(H,18,20)(H,19,21,22). The van der Waals surface area contributed by atoms with Gasteiger partial charge in [0.15, 0.2) is 11.6 Å². The zero-order valence-electron chi connectivity index (χ0n) is 12.9. The molecule has 1 saturated carbocycles. The molecule has 0 radical (unpaired) electrons. The molecule has 0 spiro atoms. The van der Waals surface area contributed by atoms with Gasteiger partial charge in [0.1, 0.15) is 0 Å². The average molecular weight is 296 g/mol. The zero-order chi connectivity index (χ0) is 15.5. The number of carbonyl (C=O) groups excluding carboxylic acids is 1. The largest absolute Gasteiger partial charge is 0.339 e. The van der Waals surface area contributed by atoms with Gasteiger partial charge >= 0.3 is 0 Å². The molecule has 0 aliphatic heterocycles. The number of hydrogen-bond donors (Lipinski definition) is 2. The van der Waals surface area contributed by atoms with Gasteiger partial charge in [-0.3, -0.25) is 4.79 Å². The van der Waals surface area contributed by atoms with Crippen LogP contribution in [0.5, 0.6) is 0 Å². The first-order valence-corrected chi connectivity index (χ1v) is 7.61. The van der Waals surface area contributed by atoms with Crippen LogP contribution in [-0.4, -0.2) is 16.1 Å². The van der Waals surface area contributed by atoms with Crippen molar-refractivity contribution in [1.29, 1.82) is 0 Å². The Hall–Kier alpha value is -2.43. The molecule has 1 amide bonds. The summed E-state index contributed by atoms with van der Waals surface area (Å²) in [6.07, 6.45) is 3.10. The fourth-order valence-electron chi connectivity index (χ4n) is 2.39. The van der Waals surface area contributed by atoms with Gasteiger partial charge in [-0.15, -0.1) is 10.2 Å². The Bertz CT molecular complexity index is 678. The highest BCUT2D eigenvalue weighted by Crippen LogP contribution is 2.27. The monoisotopic (exact) mass is 296 g/mol. The van der Waals surface area contributed by atoms with Crippen molar-refractivity contribution in [1.82, 2.24) is 10.2 Å². The second kappa shape index (κ2) is 6.13. The van der Waals surface area contributed by atoms with Crippen molar-refractivity contribution in [2.75, 3.05) is 10.6 Å². The van der Waals surface area contributed by atoms with Gasteiger partial charge in [0, 0.05) is 11.6 Å². The number of nitrogens with one attached hydrogen (secondary N) is 2. The Labute approximate surface area is 130 Å². The molecule has 22 heavy (non-hydrogen) atoms. The average Bonchev–Trinajstić information content (AvgIpc) is 2.44. The quantitative estimate of drug-likeness (QED) is 0.905. The Morgan fingerprint density at radius 2 is 1.82 bits per heavy atom. The van der Waals surface area contributed by atoms with Gasteiger partial charge in [0.25, 0.3) is 0 Å². The molecule has 114 valence electrons. The maximum atomic E-state index is 11.9. The van der Waals surface area contributed by atoms with E-state index in [9.17, 15) is 4.79 Å². The molecule has 5 heteroatoms. The maximum absolute atomic E-state index is 11.9. The van der Waals surface area contributed by atoms with E-state index in [1.807, 2.05) is 18.2 Å². The summed E-state index contributed by atoms with van der Waals surface area (Å²) in [6, 6.07) is 9.69. The number of rotatable bonds is 4. The van der Waals surface area contributed by atoms with E-state index in [0.29, 0.717) is 11.6 Å². The summed E-state index contributed by atoms with van der Waals surface area (Å²) in [4.78, 5) is 11.9. The summed E-state index contributed by atoms with van der Waals surface area (Å²) in [7, 11) is 0. The van der Waals surface area contributed by atoms with Gasteiger partial charge in [-0.1, -0.05) is 18.6 Å². The molecule has 1 aromatic heterocycles. The van der Waals surface area contributed by atoms with Crippen molar-refractivity contribution in [2.24, 2.45) is 5.92 Å². The summed E-state index contributed by atoms with van der Waals surface area (Å²) in [6.45, 7) is 4.14. The molecule has 0 unspecified atom stereocenters. The molecular formula is C17H20N4O. The topological polar surface area (TPSA) is 66.9 Å². The lowest BCUT2D eigenvalue weighted by Crippen LogP contribution is -2.28. The zero-order valence-corrected chi connectivity index (χ0v) is 12.9. The lowest BCUT2D eigenvalue weighted by molar-refractivity contribution is -0.122. The molecule has 3 rings (SSSR count). The second-order valence-electron chi connectivity index (χ2n) is 5.79. The van der Waals surface area contributed by atoms with Gasteiger partial charge < -0.3 is 10.6 Å². The maximum Gasteiger partial charge on any atom is 0.228 e. The minimum absolute atomic E-state index is 0.0517. The summed E-state index contributed by atoms with van der Waals surface area (Å²) in [5, 5.41) is 14.3. The van der Waals surface area contributed by atoms with Crippen molar-refractivity contribution in [3.8, 4) is 0 Å². The summed E-state index contributed by atoms with van der Waals surface area (Å²) < 4.78 is 0. The van der Waals surface area contributed by atoms with Crippen LogP contribution in [0.3, 0.4) is 0 Å². The van der Waals surface area contributed by atoms with E-state index in [0.717, 1.165) is 24.9 Å². The molecule has 5 nitrogen and oxygen atoms in total. The van der Waals surface area contributed by atoms with E-state index in [1.54, 1.807) is 6.07 Å². The molecule has 1 aromatic carbocycles. The molecule has 0 bridgehead atoms. The summed E-state index contributed by atoms with van der Waals surface area (Å²) in [5.41, 5.74) is 3.43. The minimum Gasteiger partial charge on any atom is -0.339 e. The van der Waals surface area contributed by atoms with Gasteiger partial charge in [-0.25, -0.2) is 0 Å². The molecular weight excluding hydrogens is 276 g/mol. The van der Waals surface area contributed by atoms with Crippen LogP contribution < -0.4 is 10.6 Å². The number of nitrogens with zero attached hydrogens (tertiary/aromatic N) is 2. The molecule has 1 aliphatic carbocycles. The van der Waals surface area contributed by atoms with Crippen LogP contribution in [0, 0.1) is 19.8 Å². The molecule has 2 N–H and O–H groups in total. The third kappa shape index (κ3) is 3.08. The first-order chi connectivity index (χ1) is 10.6. The van der Waals surface area contributed by atoms with Gasteiger partial charge in [-0.05, 0) is 56.0 Å². The first-order valence-electron chi connectivity index (χ1n) is 7.61. The molecule has 1 heterocycles. The number of hydrogen-bond acceptors (Lipinski definition) is 4. The number of amides is 1. The van der Waals surface area contributed by atoms with Crippen molar-refractivity contribution in [2.45, 2.75) is 33.1 Å². The first kappa shape index (κ1) is 14.5. The Morgan fingerprint density at radius 3 is 2.45 bits per heavy atom. The lowest BCUT2D eigenvalue weighted by Gasteiger charge is -2.23. The van der Waals surface area contributed by atoms with Gasteiger partial charge in [-0.2, -0.15) is 0 Å². The van der Waals surface area contributed by atoms with E-state index >= 15 is 0 Å². The predicted octanol–water partition coefficient (Wildman–Crippen LogP) is 3.58. The number of carbonyl (C=O) groups is 1. The molecule has 1 aliphatic rings. The Kier molecular flexibility index (Phi) is 4.04. The van der Waals surface area contributed by atoms with Crippen molar-refractivity contribution in [3.05, 3.63) is 41.5 Å². The highest BCUT2D eigenvalue weighted by Gasteiger charge is 2.25. The highest BCUT2D eigenvalue weighted by molar-refractivity contribution is 5.92. The fraction of sp³-hybridized carbons (Fsp3) is 0.353. The van der Waals surface area contributed by atoms with Crippen LogP contribution in [0.25, 0.3) is 0 Å². The number of anilines is 3. The van der Waals surface area contributed by atoms with Crippen LogP contribution >= 0.6 is 0 Å². The Balaban J connectivity index is 1.66. The van der Waals surface area contributed by atoms with E-state index in [1.165, 1.54) is 11.1 Å². The van der Waals surface area contributed by atoms with Crippen LogP contribution in [-0.2, 0) is 4.79 Å². The SMILES string of the molecule is Cc1cccc(Nc2ccc(NC(=O)C3CCC3)nn2)c1C. The van der Waals surface area contributed by atoms with E-state index in [2.05, 4.69) is 40.7 Å². The number of aromatic nitrogens is 2. The van der Waals surface area contributed by atoms with E-state index < -0.39 is 0 Å². The van der Waals surface area contributed by atoms with Crippen molar-refractivity contribution in [3.63, 3.8) is 0 Å². The van der Waals surface area contributed by atoms with Crippen LogP contribution in [0.4, 0.5) is 17.3 Å². The van der Waals surface area contributed by atoms with Gasteiger partial charge in [0.05, 0.1) is 0 Å². The summed E-state index contributed by atoms with van der Waals surface area (Å²) in [5.74, 6) is 1.36. The summed E-state index contributed by atoms with van der Waals surface area (Å²) >= 11 is 0. The van der Waals surface area contributed by atoms with Crippen molar-refractivity contribution < 1.29 is 4.79 Å². The lowest BCUT2D eigenvalue weighted by atomic mass is 9.85. The normalized spacial score (nSPS) is 14.3. The number of aryl methyl sites for hydroxylation is 1. The molecule has 0 saturated heterocycles. The third-order valence-corrected chi connectivity index (χ3v) is 4.26. The van der Waals surface area contributed by atoms with Crippen LogP contribution in [0.2, 0.25) is 0 Å². The number of benzene rings is 1. The fourth-order valence-corrected chi connectivity index (χ4v) is 2.39. The third-order valence-electron chi connectivity index (χ3n) is 4.26. The molecule has 1 fully saturated rings. The predicted molar refractivity (Wildman–Crippen MR) is 87.2 cm³/mol. The smallest absolute Gasteiger partial charge is 0.228 e. The Morgan fingerprint density at radius 1 is 1.09 bits per heavy atom. The molecule has 2 aromatic rings. The second-order valence-corrected chi connectivity index (χ2v) is 5.79. The van der Waals surface area contributed by atoms with Gasteiger partial charge in [0.2, 0.25) is 5.91 Å². The van der Waals surface area contributed by atoms with E-state index in [4.69, 9.17) is 0 Å². The minimum atomic E-state index is 0.0517. The van der Waals surface area contributed by atoms with Crippen LogP contribution in [0.15, 0.2) is 30.3 Å². The van der Waals surface area contributed by atoms with E-state index in [-0.39, 0.29) is 11.8 Å². The molecule has 0 atom stereocenters. The van der Waals surface area contributed by atoms with Crippen molar-refractivity contribution >= 4 is 23.2 Å².